The molecule has 1 aromatic carbocycles. The molecule has 25 heavy (non-hydrogen) atoms. The highest BCUT2D eigenvalue weighted by molar-refractivity contribution is 7.90. The van der Waals surface area contributed by atoms with Gasteiger partial charge in [-0.1, -0.05) is 12.1 Å². The smallest absolute Gasteiger partial charge is 0.328 e. The van der Waals surface area contributed by atoms with Crippen molar-refractivity contribution in [2.45, 2.75) is 4.90 Å². The number of nitrogens with zero attached hydrogens (tertiary/aromatic N) is 2. The minimum absolute atomic E-state index is 0.148. The molecule has 3 rings (SSSR count). The van der Waals surface area contributed by atoms with Gasteiger partial charge in [-0.3, -0.25) is 4.98 Å². The van der Waals surface area contributed by atoms with Gasteiger partial charge in [0.05, 0.1) is 4.90 Å². The predicted molar refractivity (Wildman–Crippen MR) is 93.4 cm³/mol. The van der Waals surface area contributed by atoms with Gasteiger partial charge in [-0.05, 0) is 53.1 Å². The Morgan fingerprint density at radius 3 is 2.28 bits per heavy atom. The SMILES string of the molecule is O=C(O)C=Cc1ccn(S(=O)(=O)c2ccc(-c3ccncc3)cc2)c1. The standard InChI is InChI=1S/C18H14N2O4S/c21-18(22)6-1-14-9-12-20(13-14)25(23,24)17-4-2-15(3-5-17)16-7-10-19-11-8-16/h1-13H,(H,21,22). The molecule has 2 heterocycles. The lowest BCUT2D eigenvalue weighted by Crippen LogP contribution is -2.10. The zero-order valence-corrected chi connectivity index (χ0v) is 13.8. The quantitative estimate of drug-likeness (QED) is 0.712. The average molecular weight is 354 g/mol. The normalized spacial score (nSPS) is 11.7. The van der Waals surface area contributed by atoms with Crippen LogP contribution >= 0.6 is 0 Å². The van der Waals surface area contributed by atoms with Crippen molar-refractivity contribution < 1.29 is 18.3 Å². The van der Waals surface area contributed by atoms with Crippen molar-refractivity contribution in [3.63, 3.8) is 0 Å². The molecule has 0 aliphatic rings. The number of hydrogen-bond acceptors (Lipinski definition) is 4. The van der Waals surface area contributed by atoms with Crippen LogP contribution in [0, 0.1) is 0 Å². The molecular weight excluding hydrogens is 340 g/mol. The molecule has 2 aromatic heterocycles. The van der Waals surface area contributed by atoms with Gasteiger partial charge in [-0.2, -0.15) is 0 Å². The predicted octanol–water partition coefficient (Wildman–Crippen LogP) is 2.88. The van der Waals surface area contributed by atoms with E-state index >= 15 is 0 Å². The highest BCUT2D eigenvalue weighted by Crippen LogP contribution is 2.22. The Hall–Kier alpha value is -3.19. The maximum absolute atomic E-state index is 12.6. The topological polar surface area (TPSA) is 89.3 Å². The summed E-state index contributed by atoms with van der Waals surface area (Å²) in [6, 6.07) is 11.8. The molecule has 6 nitrogen and oxygen atoms in total. The van der Waals surface area contributed by atoms with Crippen LogP contribution in [-0.4, -0.2) is 28.5 Å². The van der Waals surface area contributed by atoms with Gasteiger partial charge in [-0.25, -0.2) is 17.2 Å². The van der Waals surface area contributed by atoms with E-state index in [4.69, 9.17) is 5.11 Å². The van der Waals surface area contributed by atoms with Gasteiger partial charge >= 0.3 is 5.97 Å². The van der Waals surface area contributed by atoms with E-state index < -0.39 is 16.0 Å². The molecule has 0 saturated heterocycles. The number of aliphatic carboxylic acids is 1. The fourth-order valence-electron chi connectivity index (χ4n) is 2.29. The fourth-order valence-corrected chi connectivity index (χ4v) is 3.50. The summed E-state index contributed by atoms with van der Waals surface area (Å²) in [4.78, 5) is 14.6. The molecule has 0 amide bonds. The number of carbonyl (C=O) groups is 1. The van der Waals surface area contributed by atoms with E-state index in [-0.39, 0.29) is 4.90 Å². The molecular formula is C18H14N2O4S. The number of carboxylic acids is 1. The number of hydrogen-bond donors (Lipinski definition) is 1. The van der Waals surface area contributed by atoms with Gasteiger partial charge in [0, 0.05) is 30.9 Å². The molecule has 1 N–H and O–H groups in total. The summed E-state index contributed by atoms with van der Waals surface area (Å²) in [5.74, 6) is -1.10. The van der Waals surface area contributed by atoms with Crippen LogP contribution in [-0.2, 0) is 14.8 Å². The third-order valence-electron chi connectivity index (χ3n) is 3.55. The Bertz CT molecular complexity index is 1020. The van der Waals surface area contributed by atoms with E-state index in [9.17, 15) is 13.2 Å². The molecule has 0 unspecified atom stereocenters. The van der Waals surface area contributed by atoms with Crippen molar-refractivity contribution in [3.05, 3.63) is 78.9 Å². The summed E-state index contributed by atoms with van der Waals surface area (Å²) in [6.07, 6.45) is 8.38. The largest absolute Gasteiger partial charge is 0.478 e. The van der Waals surface area contributed by atoms with Crippen LogP contribution in [0.4, 0.5) is 0 Å². The summed E-state index contributed by atoms with van der Waals surface area (Å²) >= 11 is 0. The first-order chi connectivity index (χ1) is 12.0. The van der Waals surface area contributed by atoms with Crippen LogP contribution in [0.1, 0.15) is 5.56 Å². The molecule has 0 atom stereocenters. The number of carboxylic acid groups (broad SMARTS) is 1. The molecule has 0 saturated carbocycles. The van der Waals surface area contributed by atoms with Crippen molar-refractivity contribution in [1.29, 1.82) is 0 Å². The first kappa shape index (κ1) is 16.7. The second-order valence-corrected chi connectivity index (χ2v) is 7.05. The Kier molecular flexibility index (Phi) is 4.49. The first-order valence-electron chi connectivity index (χ1n) is 7.32. The molecule has 3 aromatic rings. The maximum Gasteiger partial charge on any atom is 0.328 e. The maximum atomic E-state index is 12.6. The van der Waals surface area contributed by atoms with Crippen LogP contribution < -0.4 is 0 Å². The number of aromatic nitrogens is 2. The molecule has 0 aliphatic heterocycles. The van der Waals surface area contributed by atoms with E-state index in [1.807, 2.05) is 12.1 Å². The Labute approximate surface area is 144 Å². The minimum Gasteiger partial charge on any atom is -0.478 e. The Morgan fingerprint density at radius 2 is 1.64 bits per heavy atom. The van der Waals surface area contributed by atoms with E-state index in [1.54, 1.807) is 24.5 Å². The monoisotopic (exact) mass is 354 g/mol. The third kappa shape index (κ3) is 3.67. The van der Waals surface area contributed by atoms with Crippen molar-refractivity contribution in [2.24, 2.45) is 0 Å². The van der Waals surface area contributed by atoms with E-state index in [2.05, 4.69) is 4.98 Å². The van der Waals surface area contributed by atoms with Crippen LogP contribution in [0.15, 0.2) is 78.2 Å². The van der Waals surface area contributed by atoms with Crippen molar-refractivity contribution in [1.82, 2.24) is 8.96 Å². The van der Waals surface area contributed by atoms with Crippen LogP contribution in [0.3, 0.4) is 0 Å². The molecule has 0 spiro atoms. The van der Waals surface area contributed by atoms with Gasteiger partial charge in [0.1, 0.15) is 0 Å². The lowest BCUT2D eigenvalue weighted by Gasteiger charge is -2.07. The number of benzene rings is 1. The lowest BCUT2D eigenvalue weighted by molar-refractivity contribution is -0.131. The van der Waals surface area contributed by atoms with Crippen LogP contribution in [0.2, 0.25) is 0 Å². The molecule has 0 fully saturated rings. The summed E-state index contributed by atoms with van der Waals surface area (Å²) in [6.45, 7) is 0. The molecule has 0 aliphatic carbocycles. The van der Waals surface area contributed by atoms with Crippen molar-refractivity contribution in [3.8, 4) is 11.1 Å². The van der Waals surface area contributed by atoms with Gasteiger partial charge in [0.15, 0.2) is 0 Å². The van der Waals surface area contributed by atoms with Crippen LogP contribution in [0.5, 0.6) is 0 Å². The van der Waals surface area contributed by atoms with E-state index in [0.29, 0.717) is 5.56 Å². The fraction of sp³-hybridized carbons (Fsp3) is 0. The number of pyridine rings is 1. The van der Waals surface area contributed by atoms with E-state index in [0.717, 1.165) is 21.2 Å². The lowest BCUT2D eigenvalue weighted by atomic mass is 10.1. The Morgan fingerprint density at radius 1 is 1.00 bits per heavy atom. The molecule has 7 heteroatoms. The van der Waals surface area contributed by atoms with Gasteiger partial charge < -0.3 is 5.11 Å². The summed E-state index contributed by atoms with van der Waals surface area (Å²) in [7, 11) is -3.73. The Balaban J connectivity index is 1.89. The second kappa shape index (κ2) is 6.74. The van der Waals surface area contributed by atoms with E-state index in [1.165, 1.54) is 36.7 Å². The summed E-state index contributed by atoms with van der Waals surface area (Å²) in [5, 5.41) is 8.62. The minimum atomic E-state index is -3.73. The average Bonchev–Trinajstić information content (AvgIpc) is 3.11. The van der Waals surface area contributed by atoms with Crippen LogP contribution in [0.25, 0.3) is 17.2 Å². The third-order valence-corrected chi connectivity index (χ3v) is 5.20. The van der Waals surface area contributed by atoms with Gasteiger partial charge in [0.25, 0.3) is 10.0 Å². The van der Waals surface area contributed by atoms with Gasteiger partial charge in [-0.15, -0.1) is 0 Å². The van der Waals surface area contributed by atoms with Crippen molar-refractivity contribution in [2.75, 3.05) is 0 Å². The summed E-state index contributed by atoms with van der Waals surface area (Å²) in [5.41, 5.74) is 2.32. The van der Waals surface area contributed by atoms with Gasteiger partial charge in [0.2, 0.25) is 0 Å². The molecule has 0 radical (unpaired) electrons. The second-order valence-electron chi connectivity index (χ2n) is 5.21. The van der Waals surface area contributed by atoms with Crippen molar-refractivity contribution >= 4 is 22.1 Å². The zero-order valence-electron chi connectivity index (χ0n) is 13.0. The summed E-state index contributed by atoms with van der Waals surface area (Å²) < 4.78 is 26.4. The highest BCUT2D eigenvalue weighted by Gasteiger charge is 2.16. The highest BCUT2D eigenvalue weighted by atomic mass is 32.2. The first-order valence-corrected chi connectivity index (χ1v) is 8.76. The zero-order chi connectivity index (χ0) is 17.9. The molecule has 126 valence electrons. The number of rotatable bonds is 5. The molecule has 0 bridgehead atoms.